The van der Waals surface area contributed by atoms with Gasteiger partial charge in [0.2, 0.25) is 5.16 Å². The number of hydrogen-bond acceptors (Lipinski definition) is 6. The van der Waals surface area contributed by atoms with Crippen molar-refractivity contribution in [3.63, 3.8) is 0 Å². The van der Waals surface area contributed by atoms with Crippen molar-refractivity contribution < 1.29 is 4.74 Å². The Kier molecular flexibility index (Phi) is 6.67. The molecular formula is C25H33N5OSSi. The molecule has 5 rings (SSSR count). The second-order valence-electron chi connectivity index (χ2n) is 10.4. The highest BCUT2D eigenvalue weighted by Gasteiger charge is 2.25. The van der Waals surface area contributed by atoms with Crippen LogP contribution in [-0.4, -0.2) is 39.6 Å². The van der Waals surface area contributed by atoms with Crippen molar-refractivity contribution >= 4 is 19.8 Å². The molecular weight excluding hydrogens is 446 g/mol. The monoisotopic (exact) mass is 479 g/mol. The predicted octanol–water partition coefficient (Wildman–Crippen LogP) is 5.10. The molecule has 2 aromatic heterocycles. The average Bonchev–Trinajstić information content (AvgIpc) is 3.51. The van der Waals surface area contributed by atoms with E-state index in [1.165, 1.54) is 55.9 Å². The van der Waals surface area contributed by atoms with E-state index in [4.69, 9.17) is 14.8 Å². The molecule has 0 saturated heterocycles. The molecule has 2 aliphatic carbocycles. The second-order valence-corrected chi connectivity index (χ2v) is 17.0. The minimum Gasteiger partial charge on any atom is -0.359 e. The first-order chi connectivity index (χ1) is 16.0. The van der Waals surface area contributed by atoms with Crippen molar-refractivity contribution in [1.82, 2.24) is 25.0 Å². The summed E-state index contributed by atoms with van der Waals surface area (Å²) in [7, 11) is -1.13. The Bertz CT molecular complexity index is 1090. The van der Waals surface area contributed by atoms with E-state index in [0.717, 1.165) is 34.9 Å². The molecule has 6 nitrogen and oxygen atoms in total. The minimum atomic E-state index is -1.13. The van der Waals surface area contributed by atoms with Gasteiger partial charge in [0.05, 0.1) is 12.4 Å². The Hall–Kier alpha value is -2.03. The fraction of sp³-hybridized carbons (Fsp3) is 0.520. The lowest BCUT2D eigenvalue weighted by Crippen LogP contribution is -2.22. The van der Waals surface area contributed by atoms with E-state index in [-0.39, 0.29) is 0 Å². The SMILES string of the molecule is C[Si](C)(C)CCOCn1nc(Sc2ccnnc2)nc1Cc1c2c(cc3c1CCC3)CCC2. The largest absolute Gasteiger partial charge is 0.359 e. The quantitative estimate of drug-likeness (QED) is 0.314. The third-order valence-corrected chi connectivity index (χ3v) is 9.17. The van der Waals surface area contributed by atoms with E-state index in [9.17, 15) is 0 Å². The molecule has 3 aromatic rings. The number of hydrogen-bond donors (Lipinski definition) is 0. The summed E-state index contributed by atoms with van der Waals surface area (Å²) in [6.07, 6.45) is 11.7. The van der Waals surface area contributed by atoms with Crippen LogP contribution in [0.4, 0.5) is 0 Å². The van der Waals surface area contributed by atoms with Gasteiger partial charge in [-0.05, 0) is 90.2 Å². The van der Waals surface area contributed by atoms with Gasteiger partial charge in [0.15, 0.2) is 0 Å². The molecule has 0 spiro atoms. The summed E-state index contributed by atoms with van der Waals surface area (Å²) in [4.78, 5) is 5.97. The van der Waals surface area contributed by atoms with Crippen LogP contribution in [0.2, 0.25) is 25.7 Å². The van der Waals surface area contributed by atoms with Gasteiger partial charge in [-0.3, -0.25) is 0 Å². The van der Waals surface area contributed by atoms with Crippen LogP contribution in [0.15, 0.2) is 34.6 Å². The van der Waals surface area contributed by atoms with Gasteiger partial charge in [-0.15, -0.1) is 5.10 Å². The maximum Gasteiger partial charge on any atom is 0.213 e. The molecule has 0 bridgehead atoms. The van der Waals surface area contributed by atoms with Crippen molar-refractivity contribution in [3.8, 4) is 0 Å². The molecule has 0 saturated carbocycles. The molecule has 33 heavy (non-hydrogen) atoms. The Balaban J connectivity index is 1.42. The van der Waals surface area contributed by atoms with Crippen LogP contribution in [0, 0.1) is 0 Å². The maximum atomic E-state index is 6.09. The van der Waals surface area contributed by atoms with Gasteiger partial charge >= 0.3 is 0 Å². The van der Waals surface area contributed by atoms with Gasteiger partial charge in [-0.1, -0.05) is 25.7 Å². The normalized spacial score (nSPS) is 15.1. The molecule has 0 radical (unpaired) electrons. The third-order valence-electron chi connectivity index (χ3n) is 6.64. The highest BCUT2D eigenvalue weighted by molar-refractivity contribution is 7.99. The van der Waals surface area contributed by atoms with Crippen LogP contribution in [0.25, 0.3) is 0 Å². The summed E-state index contributed by atoms with van der Waals surface area (Å²) in [5, 5.41) is 13.4. The summed E-state index contributed by atoms with van der Waals surface area (Å²) in [6, 6.07) is 5.59. The van der Waals surface area contributed by atoms with Crippen molar-refractivity contribution in [2.75, 3.05) is 6.61 Å². The van der Waals surface area contributed by atoms with E-state index < -0.39 is 8.07 Å². The van der Waals surface area contributed by atoms with E-state index in [0.29, 0.717) is 6.73 Å². The fourth-order valence-corrected chi connectivity index (χ4v) is 6.40. The second kappa shape index (κ2) is 9.68. The first kappa shape index (κ1) is 22.7. The van der Waals surface area contributed by atoms with Crippen molar-refractivity contribution in [2.24, 2.45) is 0 Å². The Labute approximate surface area is 201 Å². The number of aryl methyl sites for hydroxylation is 2. The minimum absolute atomic E-state index is 0.458. The molecule has 0 atom stereocenters. The zero-order valence-corrected chi connectivity index (χ0v) is 21.7. The molecule has 1 aromatic carbocycles. The van der Waals surface area contributed by atoms with Gasteiger partial charge in [0.25, 0.3) is 0 Å². The lowest BCUT2D eigenvalue weighted by atomic mass is 9.92. The van der Waals surface area contributed by atoms with Crippen molar-refractivity contribution in [2.45, 2.75) is 87.4 Å². The summed E-state index contributed by atoms with van der Waals surface area (Å²) >= 11 is 1.53. The van der Waals surface area contributed by atoms with Crippen LogP contribution >= 0.6 is 11.8 Å². The molecule has 174 valence electrons. The third kappa shape index (κ3) is 5.39. The molecule has 0 unspecified atom stereocenters. The van der Waals surface area contributed by atoms with Crippen molar-refractivity contribution in [1.29, 1.82) is 0 Å². The zero-order valence-electron chi connectivity index (χ0n) is 19.9. The van der Waals surface area contributed by atoms with Gasteiger partial charge in [0.1, 0.15) is 12.6 Å². The number of ether oxygens (including phenoxy) is 1. The molecule has 0 aliphatic heterocycles. The Morgan fingerprint density at radius 3 is 2.45 bits per heavy atom. The summed E-state index contributed by atoms with van der Waals surface area (Å²) < 4.78 is 8.07. The van der Waals surface area contributed by atoms with Crippen LogP contribution < -0.4 is 0 Å². The standard InChI is InChI=1S/C25H33N5OSSi/c1-33(2,3)13-12-31-17-30-24(28-25(29-30)32-20-10-11-26-27-16-20)15-23-21-8-4-6-18(21)14-19-7-5-9-22(19)23/h10-11,14,16H,4-9,12-13,15,17H2,1-3H3. The van der Waals surface area contributed by atoms with Crippen molar-refractivity contribution in [3.05, 3.63) is 58.2 Å². The number of fused-ring (bicyclic) bond motifs is 2. The van der Waals surface area contributed by atoms with Crippen LogP contribution in [0.3, 0.4) is 0 Å². The Morgan fingerprint density at radius 1 is 1.03 bits per heavy atom. The van der Waals surface area contributed by atoms with Gasteiger partial charge in [-0.2, -0.15) is 10.2 Å². The summed E-state index contributed by atoms with van der Waals surface area (Å²) in [6.45, 7) is 8.38. The lowest BCUT2D eigenvalue weighted by molar-refractivity contribution is 0.0757. The first-order valence-corrected chi connectivity index (χ1v) is 16.6. The molecule has 2 aliphatic rings. The molecule has 0 fully saturated rings. The van der Waals surface area contributed by atoms with Gasteiger partial charge in [-0.25, -0.2) is 9.67 Å². The van der Waals surface area contributed by atoms with Crippen LogP contribution in [0.5, 0.6) is 0 Å². The fourth-order valence-electron chi connectivity index (χ4n) is 4.91. The number of nitrogens with zero attached hydrogens (tertiary/aromatic N) is 5. The lowest BCUT2D eigenvalue weighted by Gasteiger charge is -2.17. The molecule has 2 heterocycles. The van der Waals surface area contributed by atoms with Gasteiger partial charge in [0, 0.05) is 26.0 Å². The summed E-state index contributed by atoms with van der Waals surface area (Å²) in [5.74, 6) is 1.00. The topological polar surface area (TPSA) is 65.7 Å². The highest BCUT2D eigenvalue weighted by Crippen LogP contribution is 2.36. The zero-order chi connectivity index (χ0) is 22.8. The molecule has 0 N–H and O–H groups in total. The van der Waals surface area contributed by atoms with E-state index in [2.05, 4.69) is 35.9 Å². The number of aromatic nitrogens is 5. The smallest absolute Gasteiger partial charge is 0.213 e. The number of rotatable bonds is 9. The maximum absolute atomic E-state index is 6.09. The molecule has 0 amide bonds. The average molecular weight is 480 g/mol. The Morgan fingerprint density at radius 2 is 1.79 bits per heavy atom. The summed E-state index contributed by atoms with van der Waals surface area (Å²) in [5.41, 5.74) is 7.83. The molecule has 8 heteroatoms. The first-order valence-electron chi connectivity index (χ1n) is 12.1. The van der Waals surface area contributed by atoms with Crippen LogP contribution in [-0.2, 0) is 43.6 Å². The number of benzene rings is 1. The van der Waals surface area contributed by atoms with Gasteiger partial charge < -0.3 is 4.74 Å². The highest BCUT2D eigenvalue weighted by atomic mass is 32.2. The van der Waals surface area contributed by atoms with E-state index >= 15 is 0 Å². The van der Waals surface area contributed by atoms with Crippen LogP contribution in [0.1, 0.15) is 46.5 Å². The van der Waals surface area contributed by atoms with E-state index in [1.54, 1.807) is 34.6 Å². The predicted molar refractivity (Wildman–Crippen MR) is 134 cm³/mol. The van der Waals surface area contributed by atoms with E-state index in [1.807, 2.05) is 10.7 Å².